The lowest BCUT2D eigenvalue weighted by atomic mass is 10.1. The molecule has 0 aliphatic rings. The molecule has 0 saturated heterocycles. The first kappa shape index (κ1) is 20.1. The number of nitriles is 1. The molecule has 2 aromatic heterocycles. The van der Waals surface area contributed by atoms with E-state index in [-0.39, 0.29) is 22.8 Å². The number of rotatable bonds is 5. The van der Waals surface area contributed by atoms with Crippen LogP contribution in [0.4, 0.5) is 5.69 Å². The lowest BCUT2D eigenvalue weighted by Gasteiger charge is -2.00. The topological polar surface area (TPSA) is 113 Å². The first-order valence-corrected chi connectivity index (χ1v) is 10.1. The SMILES string of the molecule is Cc1ccc(-c2csc(C(C#N)=C(O)c3ccc(-c4ccc([N+](=O)[O-])cc4)o3)n2)cc1. The third-order valence-electron chi connectivity index (χ3n) is 4.62. The molecular weight excluding hydrogens is 414 g/mol. The third-order valence-corrected chi connectivity index (χ3v) is 5.48. The highest BCUT2D eigenvalue weighted by Gasteiger charge is 2.18. The average molecular weight is 429 g/mol. The van der Waals surface area contributed by atoms with Gasteiger partial charge in [-0.3, -0.25) is 10.1 Å². The van der Waals surface area contributed by atoms with Crippen LogP contribution in [0.3, 0.4) is 0 Å². The van der Waals surface area contributed by atoms with Crippen LogP contribution in [0.15, 0.2) is 70.5 Å². The molecule has 152 valence electrons. The smallest absolute Gasteiger partial charge is 0.269 e. The van der Waals surface area contributed by atoms with Gasteiger partial charge in [-0.2, -0.15) is 5.26 Å². The Balaban J connectivity index is 1.65. The highest BCUT2D eigenvalue weighted by Crippen LogP contribution is 2.32. The van der Waals surface area contributed by atoms with Crippen LogP contribution in [-0.2, 0) is 0 Å². The molecule has 2 heterocycles. The Kier molecular flexibility index (Phi) is 5.35. The molecule has 0 saturated carbocycles. The van der Waals surface area contributed by atoms with Gasteiger partial charge in [0.1, 0.15) is 22.4 Å². The van der Waals surface area contributed by atoms with Crippen molar-refractivity contribution < 1.29 is 14.4 Å². The minimum atomic E-state index is -0.482. The second-order valence-electron chi connectivity index (χ2n) is 6.71. The Morgan fingerprint density at radius 2 is 1.77 bits per heavy atom. The lowest BCUT2D eigenvalue weighted by Crippen LogP contribution is -1.89. The zero-order valence-corrected chi connectivity index (χ0v) is 17.1. The fourth-order valence-electron chi connectivity index (χ4n) is 2.94. The predicted octanol–water partition coefficient (Wildman–Crippen LogP) is 6.24. The quantitative estimate of drug-likeness (QED) is 0.174. The van der Waals surface area contributed by atoms with Crippen molar-refractivity contribution in [2.45, 2.75) is 6.92 Å². The average Bonchev–Trinajstić information content (AvgIpc) is 3.45. The maximum atomic E-state index is 10.8. The highest BCUT2D eigenvalue weighted by atomic mass is 32.1. The van der Waals surface area contributed by atoms with E-state index in [1.807, 2.05) is 42.6 Å². The summed E-state index contributed by atoms with van der Waals surface area (Å²) < 4.78 is 5.69. The Hall–Kier alpha value is -4.22. The van der Waals surface area contributed by atoms with E-state index in [0.717, 1.165) is 11.1 Å². The molecule has 7 nitrogen and oxygen atoms in total. The summed E-state index contributed by atoms with van der Waals surface area (Å²) in [4.78, 5) is 14.8. The Bertz CT molecular complexity index is 1330. The molecule has 0 radical (unpaired) electrons. The monoisotopic (exact) mass is 429 g/mol. The van der Waals surface area contributed by atoms with Crippen LogP contribution in [0.25, 0.3) is 33.9 Å². The summed E-state index contributed by atoms with van der Waals surface area (Å²) in [5.74, 6) is 0.200. The van der Waals surface area contributed by atoms with Crippen molar-refractivity contribution in [3.05, 3.63) is 92.5 Å². The molecule has 4 aromatic rings. The molecule has 0 unspecified atom stereocenters. The highest BCUT2D eigenvalue weighted by molar-refractivity contribution is 7.11. The number of furan rings is 1. The summed E-state index contributed by atoms with van der Waals surface area (Å²) in [7, 11) is 0. The van der Waals surface area contributed by atoms with E-state index in [9.17, 15) is 20.5 Å². The van der Waals surface area contributed by atoms with Crippen molar-refractivity contribution in [3.63, 3.8) is 0 Å². The number of allylic oxidation sites excluding steroid dienone is 1. The fourth-order valence-corrected chi connectivity index (χ4v) is 3.76. The number of aliphatic hydroxyl groups is 1. The molecule has 0 aliphatic carbocycles. The van der Waals surface area contributed by atoms with Crippen LogP contribution in [0, 0.1) is 28.4 Å². The fraction of sp³-hybridized carbons (Fsp3) is 0.0435. The number of aromatic nitrogens is 1. The van der Waals surface area contributed by atoms with Gasteiger partial charge in [0.05, 0.1) is 10.6 Å². The molecule has 2 aromatic carbocycles. The van der Waals surface area contributed by atoms with E-state index in [1.54, 1.807) is 18.2 Å². The standard InChI is InChI=1S/C23H15N3O4S/c1-14-2-4-15(5-3-14)19-13-31-23(25-19)18(12-24)22(27)21-11-10-20(30-21)16-6-8-17(9-7-16)26(28)29/h2-11,13,27H,1H3. The van der Waals surface area contributed by atoms with Crippen molar-refractivity contribution in [3.8, 4) is 28.7 Å². The molecule has 0 atom stereocenters. The van der Waals surface area contributed by atoms with Gasteiger partial charge in [-0.05, 0) is 31.2 Å². The minimum absolute atomic E-state index is 0.00737. The number of hydrogen-bond donors (Lipinski definition) is 1. The molecule has 0 aliphatic heterocycles. The van der Waals surface area contributed by atoms with Crippen LogP contribution in [0.2, 0.25) is 0 Å². The Morgan fingerprint density at radius 1 is 1.10 bits per heavy atom. The number of benzene rings is 2. The number of nitrogens with zero attached hydrogens (tertiary/aromatic N) is 3. The first-order chi connectivity index (χ1) is 15.0. The molecule has 1 N–H and O–H groups in total. The van der Waals surface area contributed by atoms with Gasteiger partial charge in [-0.15, -0.1) is 11.3 Å². The summed E-state index contributed by atoms with van der Waals surface area (Å²) in [6, 6.07) is 18.9. The van der Waals surface area contributed by atoms with Gasteiger partial charge in [-0.25, -0.2) is 4.98 Å². The molecule has 0 amide bonds. The van der Waals surface area contributed by atoms with Gasteiger partial charge in [0.25, 0.3) is 5.69 Å². The van der Waals surface area contributed by atoms with Crippen LogP contribution < -0.4 is 0 Å². The van der Waals surface area contributed by atoms with Gasteiger partial charge < -0.3 is 9.52 Å². The Labute approximate surface area is 181 Å². The van der Waals surface area contributed by atoms with Crippen molar-refractivity contribution in [1.82, 2.24) is 4.98 Å². The molecule has 8 heteroatoms. The van der Waals surface area contributed by atoms with E-state index in [1.165, 1.54) is 29.5 Å². The number of aliphatic hydroxyl groups excluding tert-OH is 1. The van der Waals surface area contributed by atoms with E-state index in [2.05, 4.69) is 4.98 Å². The second kappa shape index (κ2) is 8.26. The van der Waals surface area contributed by atoms with Crippen LogP contribution >= 0.6 is 11.3 Å². The molecular formula is C23H15N3O4S. The summed E-state index contributed by atoms with van der Waals surface area (Å²) in [6.07, 6.45) is 0. The minimum Gasteiger partial charge on any atom is -0.503 e. The third kappa shape index (κ3) is 4.08. The summed E-state index contributed by atoms with van der Waals surface area (Å²) >= 11 is 1.25. The van der Waals surface area contributed by atoms with E-state index < -0.39 is 4.92 Å². The van der Waals surface area contributed by atoms with Gasteiger partial charge in [-0.1, -0.05) is 29.8 Å². The Morgan fingerprint density at radius 3 is 2.42 bits per heavy atom. The molecule has 4 rings (SSSR count). The number of hydrogen-bond acceptors (Lipinski definition) is 7. The van der Waals surface area contributed by atoms with Gasteiger partial charge in [0.15, 0.2) is 11.5 Å². The number of nitro groups is 1. The largest absolute Gasteiger partial charge is 0.503 e. The van der Waals surface area contributed by atoms with E-state index in [4.69, 9.17) is 4.42 Å². The number of aryl methyl sites for hydroxylation is 1. The van der Waals surface area contributed by atoms with Crippen molar-refractivity contribution in [2.75, 3.05) is 0 Å². The summed E-state index contributed by atoms with van der Waals surface area (Å²) in [5, 5.41) is 33.3. The number of thiazole rings is 1. The zero-order valence-electron chi connectivity index (χ0n) is 16.3. The molecule has 0 fully saturated rings. The zero-order chi connectivity index (χ0) is 22.0. The van der Waals surface area contributed by atoms with Crippen LogP contribution in [0.1, 0.15) is 16.3 Å². The predicted molar refractivity (Wildman–Crippen MR) is 118 cm³/mol. The lowest BCUT2D eigenvalue weighted by molar-refractivity contribution is -0.384. The maximum absolute atomic E-state index is 10.8. The van der Waals surface area contributed by atoms with Gasteiger partial charge in [0, 0.05) is 28.6 Å². The van der Waals surface area contributed by atoms with Gasteiger partial charge in [0.2, 0.25) is 0 Å². The number of non-ortho nitro benzene ring substituents is 1. The van der Waals surface area contributed by atoms with Crippen LogP contribution in [-0.4, -0.2) is 15.0 Å². The molecule has 0 bridgehead atoms. The molecule has 31 heavy (non-hydrogen) atoms. The van der Waals surface area contributed by atoms with Crippen molar-refractivity contribution in [2.24, 2.45) is 0 Å². The summed E-state index contributed by atoms with van der Waals surface area (Å²) in [5.41, 5.74) is 3.36. The van der Waals surface area contributed by atoms with Crippen LogP contribution in [0.5, 0.6) is 0 Å². The normalized spacial score (nSPS) is 11.6. The van der Waals surface area contributed by atoms with E-state index >= 15 is 0 Å². The van der Waals surface area contributed by atoms with Crippen molar-refractivity contribution >= 4 is 28.4 Å². The molecule has 0 spiro atoms. The van der Waals surface area contributed by atoms with Gasteiger partial charge >= 0.3 is 0 Å². The first-order valence-electron chi connectivity index (χ1n) is 9.17. The maximum Gasteiger partial charge on any atom is 0.269 e. The second-order valence-corrected chi connectivity index (χ2v) is 7.57. The van der Waals surface area contributed by atoms with E-state index in [0.29, 0.717) is 22.0 Å². The summed E-state index contributed by atoms with van der Waals surface area (Å²) in [6.45, 7) is 2.00. The number of nitro benzene ring substituents is 1. The van der Waals surface area contributed by atoms with Crippen molar-refractivity contribution in [1.29, 1.82) is 5.26 Å².